The predicted octanol–water partition coefficient (Wildman–Crippen LogP) is 5.71. The highest BCUT2D eigenvalue weighted by molar-refractivity contribution is 6.32. The lowest BCUT2D eigenvalue weighted by Gasteiger charge is -2.11. The van der Waals surface area contributed by atoms with E-state index in [1.54, 1.807) is 12.1 Å². The van der Waals surface area contributed by atoms with Crippen LogP contribution in [0.4, 0.5) is 0 Å². The van der Waals surface area contributed by atoms with Crippen LogP contribution in [0.1, 0.15) is 70.3 Å². The van der Waals surface area contributed by atoms with Gasteiger partial charge in [-0.05, 0) is 24.1 Å². The van der Waals surface area contributed by atoms with Crippen LogP contribution in [0.3, 0.4) is 0 Å². The molecule has 0 saturated carbocycles. The first kappa shape index (κ1) is 24.5. The molecule has 0 amide bonds. The Bertz CT molecular complexity index is 481. The van der Waals surface area contributed by atoms with Crippen molar-refractivity contribution in [3.63, 3.8) is 0 Å². The Balaban J connectivity index is 0.00000576. The zero-order chi connectivity index (χ0) is 17.8. The van der Waals surface area contributed by atoms with Gasteiger partial charge in [-0.25, -0.2) is 4.98 Å². The number of pyridine rings is 1. The van der Waals surface area contributed by atoms with Gasteiger partial charge in [0, 0.05) is 0 Å². The van der Waals surface area contributed by atoms with Gasteiger partial charge in [0.2, 0.25) is 0 Å². The Hall–Kier alpha value is -0.550. The van der Waals surface area contributed by atoms with E-state index in [1.165, 1.54) is 38.5 Å². The van der Waals surface area contributed by atoms with Crippen molar-refractivity contribution in [2.75, 3.05) is 0 Å². The molecule has 0 aliphatic carbocycles. The van der Waals surface area contributed by atoms with Crippen LogP contribution in [0, 0.1) is 0 Å². The van der Waals surface area contributed by atoms with Crippen molar-refractivity contribution >= 4 is 41.6 Å². The highest BCUT2D eigenvalue weighted by atomic mass is 35.5. The van der Waals surface area contributed by atoms with Gasteiger partial charge in [0.05, 0.1) is 0 Å². The summed E-state index contributed by atoms with van der Waals surface area (Å²) < 4.78 is 5.21. The number of hydrogen-bond acceptors (Lipinski definition) is 4. The van der Waals surface area contributed by atoms with Crippen molar-refractivity contribution in [3.05, 3.63) is 28.0 Å². The second kappa shape index (κ2) is 14.6. The first-order chi connectivity index (χ1) is 11.5. The molecule has 1 atom stereocenters. The van der Waals surface area contributed by atoms with Crippen molar-refractivity contribution in [1.29, 1.82) is 0 Å². The third-order valence-electron chi connectivity index (χ3n) is 3.88. The molecule has 0 bridgehead atoms. The molecule has 1 rings (SSSR count). The fourth-order valence-electron chi connectivity index (χ4n) is 2.48. The highest BCUT2D eigenvalue weighted by Gasteiger charge is 2.15. The monoisotopic (exact) mass is 410 g/mol. The van der Waals surface area contributed by atoms with E-state index >= 15 is 0 Å². The number of nitrogens with two attached hydrogens (primary N) is 1. The Labute approximate surface area is 167 Å². The Kier molecular flexibility index (Phi) is 14.3. The van der Waals surface area contributed by atoms with Gasteiger partial charge in [-0.2, -0.15) is 0 Å². The van der Waals surface area contributed by atoms with Gasteiger partial charge in [-0.3, -0.25) is 4.79 Å². The van der Waals surface area contributed by atoms with Crippen molar-refractivity contribution in [2.45, 2.75) is 77.4 Å². The average molecular weight is 412 g/mol. The van der Waals surface area contributed by atoms with Crippen molar-refractivity contribution in [2.24, 2.45) is 5.73 Å². The van der Waals surface area contributed by atoms with Gasteiger partial charge in [0.25, 0.3) is 0 Å². The topological polar surface area (TPSA) is 65.2 Å². The van der Waals surface area contributed by atoms with E-state index in [0.29, 0.717) is 12.0 Å². The molecule has 0 fully saturated rings. The molecule has 1 aromatic rings. The van der Waals surface area contributed by atoms with Crippen molar-refractivity contribution in [1.82, 2.24) is 4.98 Å². The number of aromatic nitrogens is 1. The molecule has 2 N–H and O–H groups in total. The van der Waals surface area contributed by atoms with Gasteiger partial charge < -0.3 is 10.5 Å². The van der Waals surface area contributed by atoms with E-state index in [0.717, 1.165) is 12.8 Å². The van der Waals surface area contributed by atoms with Crippen molar-refractivity contribution in [3.8, 4) is 0 Å². The van der Waals surface area contributed by atoms with Crippen LogP contribution in [0.2, 0.25) is 10.3 Å². The fraction of sp³-hybridized carbons (Fsp3) is 0.667. The normalized spacial score (nSPS) is 11.7. The number of ether oxygens (including phenoxy) is 1. The van der Waals surface area contributed by atoms with E-state index < -0.39 is 6.04 Å². The van der Waals surface area contributed by atoms with Crippen LogP contribution in [0.5, 0.6) is 0 Å². The average Bonchev–Trinajstić information content (AvgIpc) is 2.54. The molecule has 1 heterocycles. The standard InChI is InChI=1S/C18H28Cl2N2O2.ClH/c1-2-3-4-5-6-7-8-9-10-15(21)18(23)24-13-14-11-16(19)22-17(20)12-14;/h11-12,15H,2-10,13,21H2,1H3;1H/t15-;/m0./s1. The number of halogens is 3. The number of carbonyl (C=O) groups is 1. The van der Waals surface area contributed by atoms with Gasteiger partial charge >= 0.3 is 5.97 Å². The minimum absolute atomic E-state index is 0. The molecule has 0 unspecified atom stereocenters. The van der Waals surface area contributed by atoms with Gasteiger partial charge in [-0.15, -0.1) is 12.4 Å². The molecule has 25 heavy (non-hydrogen) atoms. The molecule has 0 radical (unpaired) electrons. The number of nitrogens with zero attached hydrogens (tertiary/aromatic N) is 1. The van der Waals surface area contributed by atoms with Crippen LogP contribution in [-0.2, 0) is 16.1 Å². The Morgan fingerprint density at radius 2 is 1.60 bits per heavy atom. The maximum atomic E-state index is 11.9. The molecule has 0 aliphatic rings. The summed E-state index contributed by atoms with van der Waals surface area (Å²) >= 11 is 11.6. The minimum Gasteiger partial charge on any atom is -0.460 e. The number of esters is 1. The van der Waals surface area contributed by atoms with Crippen LogP contribution in [-0.4, -0.2) is 17.0 Å². The molecule has 144 valence electrons. The van der Waals surface area contributed by atoms with E-state index in [9.17, 15) is 4.79 Å². The van der Waals surface area contributed by atoms with E-state index in [1.807, 2.05) is 0 Å². The molecule has 4 nitrogen and oxygen atoms in total. The van der Waals surface area contributed by atoms with Crippen LogP contribution in [0.25, 0.3) is 0 Å². The summed E-state index contributed by atoms with van der Waals surface area (Å²) in [6.07, 6.45) is 10.4. The highest BCUT2D eigenvalue weighted by Crippen LogP contribution is 2.16. The first-order valence-electron chi connectivity index (χ1n) is 8.77. The van der Waals surface area contributed by atoms with Gasteiger partial charge in [-0.1, -0.05) is 81.5 Å². The molecule has 0 aromatic carbocycles. The number of unbranched alkanes of at least 4 members (excludes halogenated alkanes) is 7. The predicted molar refractivity (Wildman–Crippen MR) is 107 cm³/mol. The second-order valence-electron chi connectivity index (χ2n) is 6.10. The van der Waals surface area contributed by atoms with Crippen molar-refractivity contribution < 1.29 is 9.53 Å². The van der Waals surface area contributed by atoms with Gasteiger partial charge in [0.1, 0.15) is 23.0 Å². The summed E-state index contributed by atoms with van der Waals surface area (Å²) in [6.45, 7) is 2.32. The third kappa shape index (κ3) is 11.6. The first-order valence-corrected chi connectivity index (χ1v) is 9.52. The summed E-state index contributed by atoms with van der Waals surface area (Å²) in [6, 6.07) is 2.66. The molecular formula is C18H29Cl3N2O2. The fourth-order valence-corrected chi connectivity index (χ4v) is 2.98. The smallest absolute Gasteiger partial charge is 0.323 e. The lowest BCUT2D eigenvalue weighted by atomic mass is 10.1. The molecular weight excluding hydrogens is 383 g/mol. The van der Waals surface area contributed by atoms with E-state index in [4.69, 9.17) is 33.7 Å². The molecule has 1 aromatic heterocycles. The quantitative estimate of drug-likeness (QED) is 0.272. The van der Waals surface area contributed by atoms with Crippen LogP contribution >= 0.6 is 35.6 Å². The Morgan fingerprint density at radius 3 is 2.16 bits per heavy atom. The summed E-state index contributed by atoms with van der Waals surface area (Å²) in [5, 5.41) is 0.550. The molecule has 7 heteroatoms. The third-order valence-corrected chi connectivity index (χ3v) is 4.26. The van der Waals surface area contributed by atoms with Crippen LogP contribution in [0.15, 0.2) is 12.1 Å². The zero-order valence-electron chi connectivity index (χ0n) is 14.8. The number of carbonyl (C=O) groups excluding carboxylic acids is 1. The second-order valence-corrected chi connectivity index (χ2v) is 6.87. The number of hydrogen-bond donors (Lipinski definition) is 1. The van der Waals surface area contributed by atoms with Gasteiger partial charge in [0.15, 0.2) is 0 Å². The summed E-state index contributed by atoms with van der Waals surface area (Å²) in [5.74, 6) is -0.387. The summed E-state index contributed by atoms with van der Waals surface area (Å²) in [5.41, 5.74) is 6.58. The largest absolute Gasteiger partial charge is 0.460 e. The summed E-state index contributed by atoms with van der Waals surface area (Å²) in [7, 11) is 0. The lowest BCUT2D eigenvalue weighted by molar-refractivity contribution is -0.146. The zero-order valence-corrected chi connectivity index (χ0v) is 17.1. The molecule has 0 spiro atoms. The van der Waals surface area contributed by atoms with E-state index in [2.05, 4.69) is 11.9 Å². The number of rotatable bonds is 12. The molecule has 0 aliphatic heterocycles. The van der Waals surface area contributed by atoms with Crippen LogP contribution < -0.4 is 5.73 Å². The molecule has 0 saturated heterocycles. The van der Waals surface area contributed by atoms with E-state index in [-0.39, 0.29) is 35.3 Å². The lowest BCUT2D eigenvalue weighted by Crippen LogP contribution is -2.32. The SMILES string of the molecule is CCCCCCCCCC[C@H](N)C(=O)OCc1cc(Cl)nc(Cl)c1.Cl. The Morgan fingerprint density at radius 1 is 1.08 bits per heavy atom. The summed E-state index contributed by atoms with van der Waals surface area (Å²) in [4.78, 5) is 15.7. The maximum Gasteiger partial charge on any atom is 0.323 e. The minimum atomic E-state index is -0.571. The maximum absolute atomic E-state index is 11.9.